The van der Waals surface area contributed by atoms with E-state index in [0.717, 1.165) is 49.9 Å². The maximum atomic E-state index is 14.1. The SMILES string of the molecule is Cc1cc(C)cc(NC(=O)C2[C@H]3C=C[C@@]4(O3)C(C(=O)NC3CCCCC3)N(CCN3CCOCC3)C(=O)[C@@H]24)c1. The second-order valence-electron chi connectivity index (χ2n) is 11.9. The first kappa shape index (κ1) is 26.5. The van der Waals surface area contributed by atoms with Crippen LogP contribution in [0.25, 0.3) is 0 Å². The number of anilines is 1. The first-order valence-electron chi connectivity index (χ1n) is 14.5. The third kappa shape index (κ3) is 4.89. The Morgan fingerprint density at radius 2 is 1.72 bits per heavy atom. The fourth-order valence-corrected chi connectivity index (χ4v) is 7.38. The standard InChI is InChI=1S/C30H40N4O5/c1-19-16-20(2)18-22(17-19)32-27(35)24-23-8-9-30(39-23)25(24)29(37)34(11-10-33-12-14-38-15-13-33)26(30)28(36)31-21-6-4-3-5-7-21/h8-9,16-18,21,23-26H,3-7,10-15H2,1-2H3,(H,31,36)(H,32,35)/t23-,24?,25-,26?,30+/m1/s1. The highest BCUT2D eigenvalue weighted by Gasteiger charge is 2.72. The second-order valence-corrected chi connectivity index (χ2v) is 11.9. The second kappa shape index (κ2) is 10.7. The molecule has 5 aliphatic rings. The van der Waals surface area contributed by atoms with Gasteiger partial charge in [-0.3, -0.25) is 19.3 Å². The average Bonchev–Trinajstić information content (AvgIpc) is 3.55. The minimum absolute atomic E-state index is 0.115. The highest BCUT2D eigenvalue weighted by Crippen LogP contribution is 2.55. The average molecular weight is 537 g/mol. The Kier molecular flexibility index (Phi) is 7.24. The van der Waals surface area contributed by atoms with E-state index in [9.17, 15) is 14.4 Å². The topological polar surface area (TPSA) is 100 Å². The van der Waals surface area contributed by atoms with E-state index in [1.165, 1.54) is 6.42 Å². The van der Waals surface area contributed by atoms with Gasteiger partial charge < -0.3 is 25.0 Å². The zero-order chi connectivity index (χ0) is 27.1. The number of benzene rings is 1. The van der Waals surface area contributed by atoms with Crippen molar-refractivity contribution >= 4 is 23.4 Å². The van der Waals surface area contributed by atoms with Crippen molar-refractivity contribution in [3.8, 4) is 0 Å². The molecule has 210 valence electrons. The maximum Gasteiger partial charge on any atom is 0.246 e. The Balaban J connectivity index is 1.27. The van der Waals surface area contributed by atoms with Crippen LogP contribution < -0.4 is 10.6 Å². The Labute approximate surface area is 230 Å². The summed E-state index contributed by atoms with van der Waals surface area (Å²) in [6.45, 7) is 7.97. The van der Waals surface area contributed by atoms with Crippen LogP contribution >= 0.6 is 0 Å². The molecule has 3 amide bonds. The van der Waals surface area contributed by atoms with Crippen LogP contribution in [-0.4, -0.2) is 90.7 Å². The molecule has 2 N–H and O–H groups in total. The van der Waals surface area contributed by atoms with Gasteiger partial charge in [-0.05, 0) is 49.9 Å². The molecule has 0 radical (unpaired) electrons. The van der Waals surface area contributed by atoms with Gasteiger partial charge in [0.15, 0.2) is 0 Å². The molecule has 1 aliphatic carbocycles. The molecule has 9 heteroatoms. The lowest BCUT2D eigenvalue weighted by molar-refractivity contribution is -0.141. The Hall–Kier alpha value is -2.75. The van der Waals surface area contributed by atoms with E-state index in [0.29, 0.717) is 32.0 Å². The number of hydrogen-bond acceptors (Lipinski definition) is 6. The number of likely N-dealkylation sites (tertiary alicyclic amines) is 1. The number of carbonyl (C=O) groups excluding carboxylic acids is 3. The molecule has 0 aromatic heterocycles. The van der Waals surface area contributed by atoms with Crippen molar-refractivity contribution in [3.63, 3.8) is 0 Å². The summed E-state index contributed by atoms with van der Waals surface area (Å²) in [6.07, 6.45) is 8.54. The largest absolute Gasteiger partial charge is 0.379 e. The zero-order valence-electron chi connectivity index (χ0n) is 23.0. The van der Waals surface area contributed by atoms with Crippen LogP contribution in [0.4, 0.5) is 5.69 Å². The molecule has 2 unspecified atom stereocenters. The minimum Gasteiger partial charge on any atom is -0.379 e. The number of rotatable bonds is 7. The number of amides is 3. The fourth-order valence-electron chi connectivity index (χ4n) is 7.38. The van der Waals surface area contributed by atoms with Crippen molar-refractivity contribution in [2.75, 3.05) is 44.7 Å². The van der Waals surface area contributed by atoms with Gasteiger partial charge in [0.25, 0.3) is 0 Å². The molecule has 2 bridgehead atoms. The van der Waals surface area contributed by atoms with Crippen molar-refractivity contribution in [1.29, 1.82) is 0 Å². The van der Waals surface area contributed by atoms with E-state index < -0.39 is 29.6 Å². The van der Waals surface area contributed by atoms with Gasteiger partial charge >= 0.3 is 0 Å². The van der Waals surface area contributed by atoms with Gasteiger partial charge in [-0.2, -0.15) is 0 Å². The van der Waals surface area contributed by atoms with Crippen molar-refractivity contribution in [2.24, 2.45) is 11.8 Å². The van der Waals surface area contributed by atoms with Gasteiger partial charge in [0, 0.05) is 37.9 Å². The number of morpholine rings is 1. The summed E-state index contributed by atoms with van der Waals surface area (Å²) >= 11 is 0. The van der Waals surface area contributed by atoms with E-state index in [-0.39, 0.29) is 23.8 Å². The van der Waals surface area contributed by atoms with Gasteiger partial charge in [0.05, 0.1) is 31.2 Å². The highest BCUT2D eigenvalue weighted by molar-refractivity contribution is 6.02. The van der Waals surface area contributed by atoms with Crippen LogP contribution in [0, 0.1) is 25.7 Å². The molecule has 4 heterocycles. The lowest BCUT2D eigenvalue weighted by Crippen LogP contribution is -2.57. The van der Waals surface area contributed by atoms with Crippen LogP contribution in [0.5, 0.6) is 0 Å². The lowest BCUT2D eigenvalue weighted by Gasteiger charge is -2.35. The van der Waals surface area contributed by atoms with Crippen molar-refractivity contribution in [1.82, 2.24) is 15.1 Å². The molecule has 1 aromatic carbocycles. The smallest absolute Gasteiger partial charge is 0.246 e. The van der Waals surface area contributed by atoms with Gasteiger partial charge in [0.2, 0.25) is 17.7 Å². The summed E-state index contributed by atoms with van der Waals surface area (Å²) in [5.74, 6) is -2.00. The molecule has 4 fully saturated rings. The Morgan fingerprint density at radius 3 is 2.44 bits per heavy atom. The fraction of sp³-hybridized carbons (Fsp3) is 0.633. The number of nitrogens with zero attached hydrogens (tertiary/aromatic N) is 2. The quantitative estimate of drug-likeness (QED) is 0.519. The van der Waals surface area contributed by atoms with Crippen LogP contribution in [-0.2, 0) is 23.9 Å². The number of fused-ring (bicyclic) bond motifs is 1. The normalized spacial score (nSPS) is 32.5. The number of hydrogen-bond donors (Lipinski definition) is 2. The van der Waals surface area contributed by atoms with Gasteiger partial charge in [0.1, 0.15) is 11.6 Å². The first-order valence-corrected chi connectivity index (χ1v) is 14.5. The third-order valence-electron chi connectivity index (χ3n) is 9.13. The Bertz CT molecular complexity index is 1140. The van der Waals surface area contributed by atoms with E-state index in [1.807, 2.05) is 38.1 Å². The molecule has 3 saturated heterocycles. The minimum atomic E-state index is -1.13. The summed E-state index contributed by atoms with van der Waals surface area (Å²) in [6, 6.07) is 5.23. The predicted molar refractivity (Wildman–Crippen MR) is 146 cm³/mol. The molecule has 1 aromatic rings. The Morgan fingerprint density at radius 1 is 1.00 bits per heavy atom. The number of aryl methyl sites for hydroxylation is 2. The van der Waals surface area contributed by atoms with Gasteiger partial charge in [-0.1, -0.05) is 37.5 Å². The first-order chi connectivity index (χ1) is 18.9. The molecular weight excluding hydrogens is 496 g/mol. The third-order valence-corrected chi connectivity index (χ3v) is 9.13. The summed E-state index contributed by atoms with van der Waals surface area (Å²) in [5.41, 5.74) is 1.68. The zero-order valence-corrected chi connectivity index (χ0v) is 23.0. The van der Waals surface area contributed by atoms with E-state index in [4.69, 9.17) is 9.47 Å². The van der Waals surface area contributed by atoms with Crippen LogP contribution in [0.3, 0.4) is 0 Å². The lowest BCUT2D eigenvalue weighted by atomic mass is 9.74. The van der Waals surface area contributed by atoms with E-state index in [2.05, 4.69) is 21.6 Å². The maximum absolute atomic E-state index is 14.1. The summed E-state index contributed by atoms with van der Waals surface area (Å²) < 4.78 is 12.0. The summed E-state index contributed by atoms with van der Waals surface area (Å²) in [7, 11) is 0. The van der Waals surface area contributed by atoms with Crippen LogP contribution in [0.1, 0.15) is 43.2 Å². The molecule has 1 saturated carbocycles. The van der Waals surface area contributed by atoms with E-state index >= 15 is 0 Å². The summed E-state index contributed by atoms with van der Waals surface area (Å²) in [4.78, 5) is 45.7. The van der Waals surface area contributed by atoms with Crippen LogP contribution in [0.15, 0.2) is 30.4 Å². The predicted octanol–water partition coefficient (Wildman–Crippen LogP) is 2.17. The van der Waals surface area contributed by atoms with E-state index in [1.54, 1.807) is 4.90 Å². The van der Waals surface area contributed by atoms with Crippen molar-refractivity contribution in [3.05, 3.63) is 41.5 Å². The van der Waals surface area contributed by atoms with Gasteiger partial charge in [-0.25, -0.2) is 0 Å². The molecule has 9 nitrogen and oxygen atoms in total. The molecule has 4 aliphatic heterocycles. The number of nitrogens with one attached hydrogen (secondary N) is 2. The monoisotopic (exact) mass is 536 g/mol. The molecule has 39 heavy (non-hydrogen) atoms. The number of ether oxygens (including phenoxy) is 2. The molecular formula is C30H40N4O5. The highest BCUT2D eigenvalue weighted by atomic mass is 16.5. The van der Waals surface area contributed by atoms with Gasteiger partial charge in [-0.15, -0.1) is 0 Å². The van der Waals surface area contributed by atoms with Crippen LogP contribution in [0.2, 0.25) is 0 Å². The summed E-state index contributed by atoms with van der Waals surface area (Å²) in [5, 5.41) is 6.30. The van der Waals surface area contributed by atoms with Crippen molar-refractivity contribution in [2.45, 2.75) is 69.7 Å². The van der Waals surface area contributed by atoms with Crippen molar-refractivity contribution < 1.29 is 23.9 Å². The molecule has 5 atom stereocenters. The molecule has 1 spiro atoms. The number of carbonyl (C=O) groups is 3. The molecule has 6 rings (SSSR count).